The molecule has 112 valence electrons. The van der Waals surface area contributed by atoms with Crippen LogP contribution in [0.15, 0.2) is 24.4 Å². The first-order valence-corrected chi connectivity index (χ1v) is 7.26. The summed E-state index contributed by atoms with van der Waals surface area (Å²) >= 11 is 0. The first-order chi connectivity index (χ1) is 10.1. The Kier molecular flexibility index (Phi) is 3.59. The molecule has 1 saturated heterocycles. The number of carbonyl (C=O) groups excluding carboxylic acids is 1. The van der Waals surface area contributed by atoms with Crippen LogP contribution in [-0.4, -0.2) is 43.3 Å². The molecule has 0 amide bonds. The maximum Gasteiger partial charge on any atom is 0.340 e. The molecule has 3 rings (SSSR count). The highest BCUT2D eigenvalue weighted by Crippen LogP contribution is 2.27. The van der Waals surface area contributed by atoms with Gasteiger partial charge in [0, 0.05) is 50.0 Å². The topological polar surface area (TPSA) is 46.5 Å². The molecule has 0 aliphatic carbocycles. The largest absolute Gasteiger partial charge is 0.465 e. The molecule has 1 atom stereocenters. The van der Waals surface area contributed by atoms with E-state index < -0.39 is 0 Å². The molecule has 2 heterocycles. The molecule has 0 bridgehead atoms. The average Bonchev–Trinajstić information content (AvgIpc) is 2.84. The fraction of sp³-hybridized carbons (Fsp3) is 0.438. The predicted octanol–water partition coefficient (Wildman–Crippen LogP) is 1.76. The molecule has 1 fully saturated rings. The molecule has 0 saturated carbocycles. The second-order valence-corrected chi connectivity index (χ2v) is 5.59. The molecule has 1 aromatic heterocycles. The maximum absolute atomic E-state index is 11.8. The van der Waals surface area contributed by atoms with Crippen molar-refractivity contribution in [1.29, 1.82) is 0 Å². The number of hydrogen-bond donors (Lipinski definition) is 1. The van der Waals surface area contributed by atoms with Crippen LogP contribution in [0.2, 0.25) is 0 Å². The molecule has 0 unspecified atom stereocenters. The minimum atomic E-state index is -0.288. The van der Waals surface area contributed by atoms with Gasteiger partial charge in [0.25, 0.3) is 0 Å². The summed E-state index contributed by atoms with van der Waals surface area (Å²) in [5.41, 5.74) is 2.88. The molecule has 1 aliphatic heterocycles. The first kappa shape index (κ1) is 13.9. The van der Waals surface area contributed by atoms with Crippen LogP contribution in [-0.2, 0) is 11.8 Å². The van der Waals surface area contributed by atoms with Gasteiger partial charge in [-0.1, -0.05) is 0 Å². The lowest BCUT2D eigenvalue weighted by Crippen LogP contribution is -2.49. The number of ether oxygens (including phenoxy) is 1. The molecule has 5 heteroatoms. The fourth-order valence-electron chi connectivity index (χ4n) is 3.05. The molecule has 0 radical (unpaired) electrons. The molecule has 21 heavy (non-hydrogen) atoms. The lowest BCUT2D eigenvalue weighted by atomic mass is 10.1. The van der Waals surface area contributed by atoms with Crippen LogP contribution in [0.1, 0.15) is 17.3 Å². The van der Waals surface area contributed by atoms with Crippen LogP contribution in [0.5, 0.6) is 0 Å². The second-order valence-electron chi connectivity index (χ2n) is 5.59. The Bertz CT molecular complexity index is 677. The standard InChI is InChI=1S/C16H21N3O2/c1-11-9-17-6-7-19(11)12-4-5-13-14(16(20)21-3)10-18(2)15(13)8-12/h4-5,8,10-11,17H,6-7,9H2,1-3H3/t11-/m0/s1. The van der Waals surface area contributed by atoms with Crippen LogP contribution in [0.25, 0.3) is 10.9 Å². The highest BCUT2D eigenvalue weighted by Gasteiger charge is 2.20. The summed E-state index contributed by atoms with van der Waals surface area (Å²) in [4.78, 5) is 14.2. The Morgan fingerprint density at radius 3 is 2.95 bits per heavy atom. The molecule has 2 aromatic rings. The van der Waals surface area contributed by atoms with Crippen LogP contribution in [0.4, 0.5) is 5.69 Å². The number of nitrogens with one attached hydrogen (secondary N) is 1. The summed E-state index contributed by atoms with van der Waals surface area (Å²) < 4.78 is 6.83. The molecule has 1 aromatic carbocycles. The highest BCUT2D eigenvalue weighted by atomic mass is 16.5. The van der Waals surface area contributed by atoms with Gasteiger partial charge in [0.1, 0.15) is 0 Å². The molecule has 5 nitrogen and oxygen atoms in total. The number of benzene rings is 1. The molecule has 1 aliphatic rings. The normalized spacial score (nSPS) is 19.0. The van der Waals surface area contributed by atoms with Gasteiger partial charge in [0.2, 0.25) is 0 Å². The third kappa shape index (κ3) is 2.38. The van der Waals surface area contributed by atoms with E-state index in [4.69, 9.17) is 4.74 Å². The number of esters is 1. The molecule has 1 N–H and O–H groups in total. The van der Waals surface area contributed by atoms with Crippen molar-refractivity contribution in [3.63, 3.8) is 0 Å². The van der Waals surface area contributed by atoms with Crippen molar-refractivity contribution >= 4 is 22.6 Å². The van der Waals surface area contributed by atoms with E-state index in [9.17, 15) is 4.79 Å². The van der Waals surface area contributed by atoms with E-state index in [1.165, 1.54) is 12.8 Å². The fourth-order valence-corrected chi connectivity index (χ4v) is 3.05. The van der Waals surface area contributed by atoms with Crippen molar-refractivity contribution in [3.8, 4) is 0 Å². The summed E-state index contributed by atoms with van der Waals surface area (Å²) in [6.07, 6.45) is 1.83. The van der Waals surface area contributed by atoms with Crippen molar-refractivity contribution < 1.29 is 9.53 Å². The Hall–Kier alpha value is -2.01. The van der Waals surface area contributed by atoms with E-state index in [0.29, 0.717) is 11.6 Å². The Morgan fingerprint density at radius 2 is 2.24 bits per heavy atom. The van der Waals surface area contributed by atoms with E-state index in [1.807, 2.05) is 23.9 Å². The van der Waals surface area contributed by atoms with E-state index in [2.05, 4.69) is 29.3 Å². The summed E-state index contributed by atoms with van der Waals surface area (Å²) in [5.74, 6) is -0.288. The molecular formula is C16H21N3O2. The van der Waals surface area contributed by atoms with E-state index in [0.717, 1.165) is 30.5 Å². The number of anilines is 1. The Labute approximate surface area is 124 Å². The van der Waals surface area contributed by atoms with Crippen molar-refractivity contribution in [1.82, 2.24) is 9.88 Å². The Balaban J connectivity index is 2.04. The first-order valence-electron chi connectivity index (χ1n) is 7.26. The predicted molar refractivity (Wildman–Crippen MR) is 83.9 cm³/mol. The number of fused-ring (bicyclic) bond motifs is 1. The number of nitrogens with zero attached hydrogens (tertiary/aromatic N) is 2. The number of rotatable bonds is 2. The molecule has 0 spiro atoms. The van der Waals surface area contributed by atoms with Gasteiger partial charge in [-0.3, -0.25) is 0 Å². The van der Waals surface area contributed by atoms with E-state index in [-0.39, 0.29) is 5.97 Å². The SMILES string of the molecule is COC(=O)c1cn(C)c2cc(N3CCNC[C@@H]3C)ccc12. The zero-order valence-corrected chi connectivity index (χ0v) is 12.7. The smallest absolute Gasteiger partial charge is 0.340 e. The third-order valence-corrected chi connectivity index (χ3v) is 4.21. The van der Waals surface area contributed by atoms with Crippen molar-refractivity contribution in [2.45, 2.75) is 13.0 Å². The number of methoxy groups -OCH3 is 1. The van der Waals surface area contributed by atoms with Gasteiger partial charge in [-0.05, 0) is 25.1 Å². The van der Waals surface area contributed by atoms with Gasteiger partial charge < -0.3 is 19.5 Å². The quantitative estimate of drug-likeness (QED) is 0.855. The summed E-state index contributed by atoms with van der Waals surface area (Å²) in [7, 11) is 3.37. The molecular weight excluding hydrogens is 266 g/mol. The maximum atomic E-state index is 11.8. The Morgan fingerprint density at radius 1 is 1.43 bits per heavy atom. The summed E-state index contributed by atoms with van der Waals surface area (Å²) in [6.45, 7) is 5.23. The number of hydrogen-bond acceptors (Lipinski definition) is 4. The number of piperazine rings is 1. The van der Waals surface area contributed by atoms with Crippen LogP contribution >= 0.6 is 0 Å². The zero-order chi connectivity index (χ0) is 15.0. The number of aryl methyl sites for hydroxylation is 1. The summed E-state index contributed by atoms with van der Waals surface area (Å²) in [5, 5.41) is 4.34. The van der Waals surface area contributed by atoms with Gasteiger partial charge in [-0.25, -0.2) is 4.79 Å². The van der Waals surface area contributed by atoms with Gasteiger partial charge in [0.05, 0.1) is 18.2 Å². The summed E-state index contributed by atoms with van der Waals surface area (Å²) in [6, 6.07) is 6.74. The lowest BCUT2D eigenvalue weighted by Gasteiger charge is -2.36. The van der Waals surface area contributed by atoms with Crippen molar-refractivity contribution in [2.24, 2.45) is 7.05 Å². The van der Waals surface area contributed by atoms with Crippen molar-refractivity contribution in [2.75, 3.05) is 31.6 Å². The second kappa shape index (κ2) is 5.41. The number of carbonyl (C=O) groups is 1. The van der Waals surface area contributed by atoms with Crippen molar-refractivity contribution in [3.05, 3.63) is 30.0 Å². The third-order valence-electron chi connectivity index (χ3n) is 4.21. The zero-order valence-electron chi connectivity index (χ0n) is 12.7. The minimum Gasteiger partial charge on any atom is -0.465 e. The van der Waals surface area contributed by atoms with E-state index in [1.54, 1.807) is 0 Å². The van der Waals surface area contributed by atoms with E-state index >= 15 is 0 Å². The highest BCUT2D eigenvalue weighted by molar-refractivity contribution is 6.05. The van der Waals surface area contributed by atoms with Crippen LogP contribution < -0.4 is 10.2 Å². The van der Waals surface area contributed by atoms with Gasteiger partial charge in [-0.2, -0.15) is 0 Å². The number of aromatic nitrogens is 1. The van der Waals surface area contributed by atoms with Crippen LogP contribution in [0.3, 0.4) is 0 Å². The van der Waals surface area contributed by atoms with Gasteiger partial charge >= 0.3 is 5.97 Å². The van der Waals surface area contributed by atoms with Crippen LogP contribution in [0, 0.1) is 0 Å². The minimum absolute atomic E-state index is 0.288. The monoisotopic (exact) mass is 287 g/mol. The lowest BCUT2D eigenvalue weighted by molar-refractivity contribution is 0.0603. The van der Waals surface area contributed by atoms with Gasteiger partial charge in [-0.15, -0.1) is 0 Å². The van der Waals surface area contributed by atoms with Gasteiger partial charge in [0.15, 0.2) is 0 Å². The average molecular weight is 287 g/mol.